The van der Waals surface area contributed by atoms with Gasteiger partial charge in [-0.25, -0.2) is 4.68 Å². The van der Waals surface area contributed by atoms with Crippen LogP contribution in [0, 0.1) is 5.41 Å². The van der Waals surface area contributed by atoms with Crippen LogP contribution in [0.3, 0.4) is 0 Å². The summed E-state index contributed by atoms with van der Waals surface area (Å²) in [6.07, 6.45) is 1.84. The molecule has 1 aliphatic rings. The number of rotatable bonds is 0. The van der Waals surface area contributed by atoms with E-state index in [4.69, 9.17) is 0 Å². The minimum absolute atomic E-state index is 0.332. The largest absolute Gasteiger partial charge is 0.370 e. The zero-order valence-electron chi connectivity index (χ0n) is 6.96. The third kappa shape index (κ3) is 1.11. The van der Waals surface area contributed by atoms with Gasteiger partial charge in [-0.15, -0.1) is 0 Å². The van der Waals surface area contributed by atoms with E-state index < -0.39 is 0 Å². The quantitative estimate of drug-likeness (QED) is 0.606. The van der Waals surface area contributed by atoms with Gasteiger partial charge in [-0.1, -0.05) is 13.8 Å². The molecular weight excluding hydrogens is 138 g/mol. The van der Waals surface area contributed by atoms with E-state index in [0.717, 1.165) is 18.9 Å². The molecule has 2 rings (SSSR count). The Morgan fingerprint density at radius 2 is 2.45 bits per heavy atom. The van der Waals surface area contributed by atoms with Crippen molar-refractivity contribution in [2.45, 2.75) is 20.4 Å². The van der Waals surface area contributed by atoms with E-state index in [9.17, 15) is 0 Å². The lowest BCUT2D eigenvalue weighted by atomic mass is 9.92. The normalized spacial score (nSPS) is 20.5. The smallest absolute Gasteiger partial charge is 0.124 e. The van der Waals surface area contributed by atoms with Crippen LogP contribution >= 0.6 is 0 Å². The summed E-state index contributed by atoms with van der Waals surface area (Å²) in [6, 6.07) is 2.01. The van der Waals surface area contributed by atoms with Gasteiger partial charge in [0.2, 0.25) is 0 Å². The van der Waals surface area contributed by atoms with Gasteiger partial charge in [0.15, 0.2) is 0 Å². The first kappa shape index (κ1) is 6.70. The molecular formula is C8H13N3. The molecule has 3 heteroatoms. The standard InChI is InChI=1S/C8H13N3/c1-8(2)5-9-7-3-4-10-11(7)6-8/h3-4,9H,5-6H2,1-2H3. The molecule has 0 saturated heterocycles. The summed E-state index contributed by atoms with van der Waals surface area (Å²) in [6.45, 7) is 6.54. The fourth-order valence-electron chi connectivity index (χ4n) is 1.40. The first-order valence-electron chi connectivity index (χ1n) is 3.93. The van der Waals surface area contributed by atoms with E-state index >= 15 is 0 Å². The van der Waals surface area contributed by atoms with Gasteiger partial charge < -0.3 is 5.32 Å². The van der Waals surface area contributed by atoms with Gasteiger partial charge in [0.1, 0.15) is 5.82 Å². The molecule has 3 nitrogen and oxygen atoms in total. The summed E-state index contributed by atoms with van der Waals surface area (Å²) in [4.78, 5) is 0. The van der Waals surface area contributed by atoms with Crippen LogP contribution in [0.5, 0.6) is 0 Å². The molecule has 0 saturated carbocycles. The second kappa shape index (κ2) is 2.00. The van der Waals surface area contributed by atoms with Crippen molar-refractivity contribution in [3.05, 3.63) is 12.3 Å². The average Bonchev–Trinajstić information content (AvgIpc) is 2.31. The molecule has 60 valence electrons. The van der Waals surface area contributed by atoms with Gasteiger partial charge in [-0.05, 0) is 0 Å². The fourth-order valence-corrected chi connectivity index (χ4v) is 1.40. The van der Waals surface area contributed by atoms with Crippen LogP contribution in [0.1, 0.15) is 13.8 Å². The van der Waals surface area contributed by atoms with Crippen LogP contribution in [0.15, 0.2) is 12.3 Å². The minimum Gasteiger partial charge on any atom is -0.370 e. The van der Waals surface area contributed by atoms with Crippen LogP contribution < -0.4 is 5.32 Å². The van der Waals surface area contributed by atoms with Crippen LogP contribution in [0.2, 0.25) is 0 Å². The first-order chi connectivity index (χ1) is 5.17. The van der Waals surface area contributed by atoms with E-state index in [0.29, 0.717) is 5.41 Å². The minimum atomic E-state index is 0.332. The maximum absolute atomic E-state index is 4.21. The topological polar surface area (TPSA) is 29.9 Å². The average molecular weight is 151 g/mol. The zero-order valence-corrected chi connectivity index (χ0v) is 6.96. The molecule has 0 spiro atoms. The molecule has 2 heterocycles. The van der Waals surface area contributed by atoms with E-state index in [1.165, 1.54) is 0 Å². The third-order valence-corrected chi connectivity index (χ3v) is 2.04. The fraction of sp³-hybridized carbons (Fsp3) is 0.625. The van der Waals surface area contributed by atoms with Gasteiger partial charge in [-0.3, -0.25) is 0 Å². The molecule has 0 atom stereocenters. The SMILES string of the molecule is CC1(C)CNc2ccnn2C1. The molecule has 0 aliphatic carbocycles. The highest BCUT2D eigenvalue weighted by molar-refractivity contribution is 5.35. The second-order valence-corrected chi connectivity index (χ2v) is 3.89. The van der Waals surface area contributed by atoms with Crippen molar-refractivity contribution in [1.29, 1.82) is 0 Å². The number of nitrogens with one attached hydrogen (secondary N) is 1. The van der Waals surface area contributed by atoms with Crippen molar-refractivity contribution >= 4 is 5.82 Å². The number of anilines is 1. The molecule has 1 N–H and O–H groups in total. The molecule has 0 fully saturated rings. The lowest BCUT2D eigenvalue weighted by Gasteiger charge is -2.31. The van der Waals surface area contributed by atoms with Crippen molar-refractivity contribution < 1.29 is 0 Å². The summed E-state index contributed by atoms with van der Waals surface area (Å²) >= 11 is 0. The van der Waals surface area contributed by atoms with Crippen molar-refractivity contribution in [1.82, 2.24) is 9.78 Å². The van der Waals surface area contributed by atoms with Gasteiger partial charge >= 0.3 is 0 Å². The van der Waals surface area contributed by atoms with Gasteiger partial charge in [0.05, 0.1) is 6.20 Å². The third-order valence-electron chi connectivity index (χ3n) is 2.04. The number of nitrogens with zero attached hydrogens (tertiary/aromatic N) is 2. The van der Waals surface area contributed by atoms with E-state index in [-0.39, 0.29) is 0 Å². The van der Waals surface area contributed by atoms with Crippen LogP contribution in [-0.2, 0) is 6.54 Å². The maximum Gasteiger partial charge on any atom is 0.124 e. The van der Waals surface area contributed by atoms with Crippen molar-refractivity contribution in [3.63, 3.8) is 0 Å². The van der Waals surface area contributed by atoms with Gasteiger partial charge in [0.25, 0.3) is 0 Å². The molecule has 0 aromatic carbocycles. The maximum atomic E-state index is 4.21. The Hall–Kier alpha value is -0.990. The van der Waals surface area contributed by atoms with E-state index in [1.54, 1.807) is 0 Å². The molecule has 1 aromatic heterocycles. The summed E-state index contributed by atoms with van der Waals surface area (Å²) in [5.41, 5.74) is 0.332. The summed E-state index contributed by atoms with van der Waals surface area (Å²) < 4.78 is 2.02. The summed E-state index contributed by atoms with van der Waals surface area (Å²) in [7, 11) is 0. The molecule has 11 heavy (non-hydrogen) atoms. The first-order valence-corrected chi connectivity index (χ1v) is 3.93. The Bertz CT molecular complexity index is 262. The summed E-state index contributed by atoms with van der Waals surface area (Å²) in [5.74, 6) is 1.14. The van der Waals surface area contributed by atoms with E-state index in [2.05, 4.69) is 24.3 Å². The molecule has 1 aliphatic heterocycles. The van der Waals surface area contributed by atoms with Gasteiger partial charge in [-0.2, -0.15) is 5.10 Å². The number of aromatic nitrogens is 2. The second-order valence-electron chi connectivity index (χ2n) is 3.89. The molecule has 0 amide bonds. The summed E-state index contributed by atoms with van der Waals surface area (Å²) in [5, 5.41) is 7.54. The number of fused-ring (bicyclic) bond motifs is 1. The van der Waals surface area contributed by atoms with Crippen LogP contribution in [0.4, 0.5) is 5.82 Å². The lowest BCUT2D eigenvalue weighted by molar-refractivity contribution is 0.294. The van der Waals surface area contributed by atoms with Crippen molar-refractivity contribution in [2.24, 2.45) is 5.41 Å². The molecule has 0 unspecified atom stereocenters. The predicted molar refractivity (Wildman–Crippen MR) is 44.5 cm³/mol. The van der Waals surface area contributed by atoms with Crippen LogP contribution in [-0.4, -0.2) is 16.3 Å². The van der Waals surface area contributed by atoms with Crippen molar-refractivity contribution in [2.75, 3.05) is 11.9 Å². The van der Waals surface area contributed by atoms with E-state index in [1.807, 2.05) is 16.9 Å². The Labute approximate surface area is 66.4 Å². The molecule has 0 bridgehead atoms. The lowest BCUT2D eigenvalue weighted by Crippen LogP contribution is -2.34. The highest BCUT2D eigenvalue weighted by Crippen LogP contribution is 2.25. The number of hydrogen-bond acceptors (Lipinski definition) is 2. The Balaban J connectivity index is 2.32. The van der Waals surface area contributed by atoms with Gasteiger partial charge in [0, 0.05) is 24.6 Å². The molecule has 0 radical (unpaired) electrons. The van der Waals surface area contributed by atoms with Crippen molar-refractivity contribution in [3.8, 4) is 0 Å². The highest BCUT2D eigenvalue weighted by atomic mass is 15.3. The highest BCUT2D eigenvalue weighted by Gasteiger charge is 2.24. The number of hydrogen-bond donors (Lipinski definition) is 1. The Kier molecular flexibility index (Phi) is 1.22. The molecule has 1 aromatic rings. The Morgan fingerprint density at radius 1 is 1.64 bits per heavy atom. The predicted octanol–water partition coefficient (Wildman–Crippen LogP) is 1.33. The monoisotopic (exact) mass is 151 g/mol. The Morgan fingerprint density at radius 3 is 3.27 bits per heavy atom. The zero-order chi connectivity index (χ0) is 7.90. The van der Waals surface area contributed by atoms with Crippen LogP contribution in [0.25, 0.3) is 0 Å².